The highest BCUT2D eigenvalue weighted by molar-refractivity contribution is 6.33. The van der Waals surface area contributed by atoms with Crippen LogP contribution in [0.3, 0.4) is 0 Å². The molecule has 0 aliphatic carbocycles. The molecule has 98 valence electrons. The van der Waals surface area contributed by atoms with Gasteiger partial charge in [0, 0.05) is 12.4 Å². The van der Waals surface area contributed by atoms with E-state index < -0.39 is 5.97 Å². The van der Waals surface area contributed by atoms with Crippen LogP contribution in [0.4, 0.5) is 5.82 Å². The zero-order chi connectivity index (χ0) is 13.8. The highest BCUT2D eigenvalue weighted by atomic mass is 35.5. The van der Waals surface area contributed by atoms with Crippen molar-refractivity contribution in [3.05, 3.63) is 52.9 Å². The van der Waals surface area contributed by atoms with Gasteiger partial charge in [-0.25, -0.2) is 9.78 Å². The smallest absolute Gasteiger partial charge is 0.356 e. The van der Waals surface area contributed by atoms with Gasteiger partial charge in [0.15, 0.2) is 5.69 Å². The number of hydrogen-bond donors (Lipinski definition) is 2. The van der Waals surface area contributed by atoms with Crippen LogP contribution in [-0.2, 0) is 0 Å². The van der Waals surface area contributed by atoms with E-state index in [4.69, 9.17) is 16.7 Å². The lowest BCUT2D eigenvalue weighted by Crippen LogP contribution is -2.10. The van der Waals surface area contributed by atoms with Crippen molar-refractivity contribution in [2.45, 2.75) is 13.0 Å². The molecule has 1 atom stereocenters. The summed E-state index contributed by atoms with van der Waals surface area (Å²) in [6.45, 7) is 1.94. The van der Waals surface area contributed by atoms with E-state index in [0.717, 1.165) is 5.56 Å². The molecule has 2 aromatic rings. The van der Waals surface area contributed by atoms with Crippen LogP contribution in [0.2, 0.25) is 5.02 Å². The monoisotopic (exact) mass is 277 g/mol. The summed E-state index contributed by atoms with van der Waals surface area (Å²) in [7, 11) is 0. The first kappa shape index (κ1) is 13.3. The van der Waals surface area contributed by atoms with Crippen molar-refractivity contribution >= 4 is 23.4 Å². The first-order chi connectivity index (χ1) is 9.08. The molecule has 0 amide bonds. The van der Waals surface area contributed by atoms with Gasteiger partial charge in [-0.05, 0) is 30.7 Å². The van der Waals surface area contributed by atoms with E-state index in [9.17, 15) is 4.79 Å². The summed E-state index contributed by atoms with van der Waals surface area (Å²) in [5, 5.41) is 12.2. The Hall–Kier alpha value is -2.14. The zero-order valence-corrected chi connectivity index (χ0v) is 10.9. The highest BCUT2D eigenvalue weighted by Gasteiger charge is 2.13. The molecule has 2 heterocycles. The number of rotatable bonds is 4. The summed E-state index contributed by atoms with van der Waals surface area (Å²) in [6, 6.07) is 6.88. The number of pyridine rings is 2. The lowest BCUT2D eigenvalue weighted by molar-refractivity contribution is 0.0691. The first-order valence-corrected chi connectivity index (χ1v) is 6.02. The van der Waals surface area contributed by atoms with Crippen molar-refractivity contribution < 1.29 is 9.90 Å². The van der Waals surface area contributed by atoms with Gasteiger partial charge in [-0.2, -0.15) is 0 Å². The van der Waals surface area contributed by atoms with Crippen LogP contribution in [0.25, 0.3) is 0 Å². The third kappa shape index (κ3) is 3.20. The molecule has 0 radical (unpaired) electrons. The number of nitrogens with zero attached hydrogens (tertiary/aromatic N) is 2. The maximum absolute atomic E-state index is 10.9. The molecule has 0 aliphatic heterocycles. The Balaban J connectivity index is 2.20. The SMILES string of the molecule is CC(Nc1ccc(Cl)c(C(=O)O)n1)c1cccnc1. The fourth-order valence-corrected chi connectivity index (χ4v) is 1.80. The fraction of sp³-hybridized carbons (Fsp3) is 0.154. The molecule has 0 bridgehead atoms. The molecule has 6 heteroatoms. The number of carbonyl (C=O) groups is 1. The Kier molecular flexibility index (Phi) is 3.97. The Bertz CT molecular complexity index is 590. The summed E-state index contributed by atoms with van der Waals surface area (Å²) in [5.41, 5.74) is 0.821. The predicted molar refractivity (Wildman–Crippen MR) is 72.5 cm³/mol. The molecule has 1 unspecified atom stereocenters. The van der Waals surface area contributed by atoms with Crippen molar-refractivity contribution in [1.29, 1.82) is 0 Å². The Labute approximate surface area is 115 Å². The average molecular weight is 278 g/mol. The Morgan fingerprint density at radius 3 is 2.84 bits per heavy atom. The highest BCUT2D eigenvalue weighted by Crippen LogP contribution is 2.20. The maximum atomic E-state index is 10.9. The summed E-state index contributed by atoms with van der Waals surface area (Å²) < 4.78 is 0. The van der Waals surface area contributed by atoms with Gasteiger partial charge in [0.25, 0.3) is 0 Å². The van der Waals surface area contributed by atoms with Gasteiger partial charge < -0.3 is 10.4 Å². The first-order valence-electron chi connectivity index (χ1n) is 5.64. The van der Waals surface area contributed by atoms with Crippen LogP contribution in [0.1, 0.15) is 29.0 Å². The molecule has 2 N–H and O–H groups in total. The number of carboxylic acid groups (broad SMARTS) is 1. The van der Waals surface area contributed by atoms with E-state index in [1.54, 1.807) is 18.5 Å². The minimum absolute atomic E-state index is 0.0379. The molecule has 19 heavy (non-hydrogen) atoms. The van der Waals surface area contributed by atoms with Crippen molar-refractivity contribution in [3.8, 4) is 0 Å². The number of hydrogen-bond acceptors (Lipinski definition) is 4. The number of nitrogens with one attached hydrogen (secondary N) is 1. The predicted octanol–water partition coefficient (Wildman–Crippen LogP) is 3.00. The molecular weight excluding hydrogens is 266 g/mol. The fourth-order valence-electron chi connectivity index (χ4n) is 1.61. The van der Waals surface area contributed by atoms with Crippen molar-refractivity contribution in [2.75, 3.05) is 5.32 Å². The standard InChI is InChI=1S/C13H12ClN3O2/c1-8(9-3-2-6-15-7-9)16-11-5-4-10(14)12(17-11)13(18)19/h2-8H,1H3,(H,16,17)(H,18,19). The van der Waals surface area contributed by atoms with Crippen molar-refractivity contribution in [3.63, 3.8) is 0 Å². The lowest BCUT2D eigenvalue weighted by atomic mass is 10.1. The van der Waals surface area contributed by atoms with E-state index in [1.807, 2.05) is 19.1 Å². The number of aromatic carboxylic acids is 1. The van der Waals surface area contributed by atoms with Crippen LogP contribution in [0, 0.1) is 0 Å². The van der Waals surface area contributed by atoms with Crippen molar-refractivity contribution in [2.24, 2.45) is 0 Å². The molecule has 2 aromatic heterocycles. The molecule has 0 saturated heterocycles. The third-order valence-electron chi connectivity index (χ3n) is 2.60. The van der Waals surface area contributed by atoms with E-state index in [-0.39, 0.29) is 16.8 Å². The molecule has 0 aliphatic rings. The van der Waals surface area contributed by atoms with E-state index in [2.05, 4.69) is 15.3 Å². The van der Waals surface area contributed by atoms with Gasteiger partial charge in [0.05, 0.1) is 11.1 Å². The molecule has 0 aromatic carbocycles. The van der Waals surface area contributed by atoms with Gasteiger partial charge in [0.2, 0.25) is 0 Å². The number of anilines is 1. The number of carboxylic acids is 1. The second-order valence-corrected chi connectivity index (χ2v) is 4.39. The minimum Gasteiger partial charge on any atom is -0.476 e. The van der Waals surface area contributed by atoms with Crippen molar-refractivity contribution in [1.82, 2.24) is 9.97 Å². The minimum atomic E-state index is -1.15. The Morgan fingerprint density at radius 2 is 2.21 bits per heavy atom. The molecule has 0 spiro atoms. The molecule has 0 saturated carbocycles. The second-order valence-electron chi connectivity index (χ2n) is 3.98. The van der Waals surface area contributed by atoms with Gasteiger partial charge in [0.1, 0.15) is 5.82 Å². The zero-order valence-electron chi connectivity index (χ0n) is 10.2. The molecular formula is C13H12ClN3O2. The average Bonchev–Trinajstić information content (AvgIpc) is 2.41. The third-order valence-corrected chi connectivity index (χ3v) is 2.90. The number of aromatic nitrogens is 2. The molecule has 2 rings (SSSR count). The van der Waals surface area contributed by atoms with Crippen LogP contribution < -0.4 is 5.32 Å². The molecule has 5 nitrogen and oxygen atoms in total. The van der Waals surface area contributed by atoms with Gasteiger partial charge >= 0.3 is 5.97 Å². The largest absolute Gasteiger partial charge is 0.476 e. The normalized spacial score (nSPS) is 11.9. The quantitative estimate of drug-likeness (QED) is 0.898. The van der Waals surface area contributed by atoms with E-state index in [1.165, 1.54) is 6.07 Å². The number of halogens is 1. The van der Waals surface area contributed by atoms with Gasteiger partial charge in [-0.3, -0.25) is 4.98 Å². The van der Waals surface area contributed by atoms with Crippen LogP contribution in [0.15, 0.2) is 36.7 Å². The second kappa shape index (κ2) is 5.67. The van der Waals surface area contributed by atoms with Crippen LogP contribution in [0.5, 0.6) is 0 Å². The summed E-state index contributed by atoms with van der Waals surface area (Å²) in [5.74, 6) is -0.694. The molecule has 0 fully saturated rings. The maximum Gasteiger partial charge on any atom is 0.356 e. The topological polar surface area (TPSA) is 75.1 Å². The summed E-state index contributed by atoms with van der Waals surface area (Å²) >= 11 is 5.76. The summed E-state index contributed by atoms with van der Waals surface area (Å²) in [4.78, 5) is 19.0. The van der Waals surface area contributed by atoms with Gasteiger partial charge in [-0.15, -0.1) is 0 Å². The van der Waals surface area contributed by atoms with Crippen LogP contribution >= 0.6 is 11.6 Å². The van der Waals surface area contributed by atoms with E-state index in [0.29, 0.717) is 5.82 Å². The lowest BCUT2D eigenvalue weighted by Gasteiger charge is -2.14. The van der Waals surface area contributed by atoms with Gasteiger partial charge in [-0.1, -0.05) is 17.7 Å². The van der Waals surface area contributed by atoms with E-state index >= 15 is 0 Å². The Morgan fingerprint density at radius 1 is 1.42 bits per heavy atom. The van der Waals surface area contributed by atoms with Crippen LogP contribution in [-0.4, -0.2) is 21.0 Å². The summed E-state index contributed by atoms with van der Waals surface area (Å²) in [6.07, 6.45) is 3.44.